The summed E-state index contributed by atoms with van der Waals surface area (Å²) in [4.78, 5) is 19.1. The van der Waals surface area contributed by atoms with Crippen LogP contribution in [0.25, 0.3) is 5.69 Å². The summed E-state index contributed by atoms with van der Waals surface area (Å²) in [5.41, 5.74) is 7.70. The van der Waals surface area contributed by atoms with E-state index >= 15 is 0 Å². The third kappa shape index (κ3) is 5.21. The van der Waals surface area contributed by atoms with Gasteiger partial charge in [-0.25, -0.2) is 0 Å². The van der Waals surface area contributed by atoms with Gasteiger partial charge in [0.1, 0.15) is 0 Å². The number of aromatic nitrogens is 2. The number of hydrogen-bond donors (Lipinski definition) is 2. The Kier molecular flexibility index (Phi) is 7.91. The number of hydrogen-bond acceptors (Lipinski definition) is 3. The zero-order valence-electron chi connectivity index (χ0n) is 23.0. The number of thiocarbonyl (C=S) groups is 1. The molecule has 0 radical (unpaired) electrons. The van der Waals surface area contributed by atoms with Crippen molar-refractivity contribution in [3.8, 4) is 5.69 Å². The fourth-order valence-corrected chi connectivity index (χ4v) is 6.00. The number of nitrogens with zero attached hydrogens (tertiary/aromatic N) is 3. The van der Waals surface area contributed by atoms with E-state index in [0.717, 1.165) is 39.6 Å². The number of amides is 1. The molecule has 9 heteroatoms. The molecule has 4 aromatic rings. The average molecular weight is 593 g/mol. The van der Waals surface area contributed by atoms with Gasteiger partial charge < -0.3 is 20.1 Å². The van der Waals surface area contributed by atoms with Gasteiger partial charge in [-0.1, -0.05) is 49.2 Å². The predicted molar refractivity (Wildman–Crippen MR) is 168 cm³/mol. The normalized spacial score (nSPS) is 16.9. The first-order chi connectivity index (χ1) is 19.1. The fraction of sp³-hybridized carbons (Fsp3) is 0.258. The number of anilines is 2. The van der Waals surface area contributed by atoms with Crippen LogP contribution in [0.1, 0.15) is 54.1 Å². The van der Waals surface area contributed by atoms with Crippen LogP contribution in [0.4, 0.5) is 11.4 Å². The van der Waals surface area contributed by atoms with Crippen LogP contribution < -0.4 is 15.5 Å². The molecule has 0 aliphatic carbocycles. The molecule has 1 saturated heterocycles. The van der Waals surface area contributed by atoms with Gasteiger partial charge in [-0.15, -0.1) is 0 Å². The topological polar surface area (TPSA) is 62.2 Å². The van der Waals surface area contributed by atoms with E-state index in [1.54, 1.807) is 6.20 Å². The molecule has 0 unspecified atom stereocenters. The molecular formula is C31H31Cl2N5OS. The SMILES string of the molecule is Cc1ccc(Cl)cc1-n1c(C)cc([C@@H]2[C@@H](c3ccccn3)NC(=S)N2c2ccc(NC(=O)C(C)C)c(Cl)c2)c1C. The Balaban J connectivity index is 1.64. The predicted octanol–water partition coefficient (Wildman–Crippen LogP) is 7.88. The van der Waals surface area contributed by atoms with E-state index < -0.39 is 0 Å². The van der Waals surface area contributed by atoms with Gasteiger partial charge in [-0.3, -0.25) is 9.78 Å². The summed E-state index contributed by atoms with van der Waals surface area (Å²) >= 11 is 19.0. The van der Waals surface area contributed by atoms with E-state index in [9.17, 15) is 4.79 Å². The minimum Gasteiger partial charge on any atom is -0.351 e. The van der Waals surface area contributed by atoms with Gasteiger partial charge in [0.15, 0.2) is 5.11 Å². The second kappa shape index (κ2) is 11.2. The molecule has 1 amide bonds. The average Bonchev–Trinajstić information content (AvgIpc) is 3.41. The maximum absolute atomic E-state index is 12.3. The molecule has 1 aliphatic heterocycles. The van der Waals surface area contributed by atoms with Crippen LogP contribution in [0.15, 0.2) is 66.9 Å². The lowest BCUT2D eigenvalue weighted by Gasteiger charge is -2.28. The summed E-state index contributed by atoms with van der Waals surface area (Å²) in [7, 11) is 0. The molecule has 2 aromatic heterocycles. The highest BCUT2D eigenvalue weighted by molar-refractivity contribution is 7.80. The van der Waals surface area contributed by atoms with Crippen molar-refractivity contribution in [2.24, 2.45) is 5.92 Å². The van der Waals surface area contributed by atoms with Crippen LogP contribution in [0, 0.1) is 26.7 Å². The molecule has 3 heterocycles. The van der Waals surface area contributed by atoms with Crippen LogP contribution in [0.2, 0.25) is 10.0 Å². The van der Waals surface area contributed by atoms with E-state index in [-0.39, 0.29) is 23.9 Å². The van der Waals surface area contributed by atoms with Gasteiger partial charge in [0.2, 0.25) is 5.91 Å². The minimum absolute atomic E-state index is 0.0927. The van der Waals surface area contributed by atoms with Crippen LogP contribution in [0.3, 0.4) is 0 Å². The molecule has 1 fully saturated rings. The Morgan fingerprint density at radius 3 is 2.50 bits per heavy atom. The molecule has 0 saturated carbocycles. The highest BCUT2D eigenvalue weighted by Crippen LogP contribution is 2.45. The molecule has 5 rings (SSSR count). The van der Waals surface area contributed by atoms with Crippen molar-refractivity contribution >= 4 is 57.8 Å². The summed E-state index contributed by atoms with van der Waals surface area (Å²) in [6.07, 6.45) is 1.79. The Morgan fingerprint density at radius 1 is 1.05 bits per heavy atom. The first-order valence-corrected chi connectivity index (χ1v) is 14.3. The second-order valence-electron chi connectivity index (χ2n) is 10.4. The number of pyridine rings is 1. The zero-order valence-corrected chi connectivity index (χ0v) is 25.3. The first kappa shape index (κ1) is 28.1. The van der Waals surface area contributed by atoms with Crippen LogP contribution in [0.5, 0.6) is 0 Å². The van der Waals surface area contributed by atoms with Crippen molar-refractivity contribution in [2.75, 3.05) is 10.2 Å². The number of nitrogens with one attached hydrogen (secondary N) is 2. The molecule has 2 atom stereocenters. The van der Waals surface area contributed by atoms with Gasteiger partial charge in [-0.05, 0) is 92.6 Å². The molecule has 206 valence electrons. The Hall–Kier alpha value is -3.39. The Morgan fingerprint density at radius 2 is 1.82 bits per heavy atom. The van der Waals surface area contributed by atoms with Crippen LogP contribution in [-0.4, -0.2) is 20.6 Å². The van der Waals surface area contributed by atoms with Crippen LogP contribution >= 0.6 is 35.4 Å². The quantitative estimate of drug-likeness (QED) is 0.223. The number of rotatable bonds is 6. The lowest BCUT2D eigenvalue weighted by molar-refractivity contribution is -0.118. The minimum atomic E-state index is -0.214. The number of benzene rings is 2. The first-order valence-electron chi connectivity index (χ1n) is 13.1. The van der Waals surface area contributed by atoms with E-state index in [1.165, 1.54) is 0 Å². The fourth-order valence-electron chi connectivity index (χ4n) is 5.26. The highest BCUT2D eigenvalue weighted by Gasteiger charge is 2.42. The smallest absolute Gasteiger partial charge is 0.226 e. The third-order valence-electron chi connectivity index (χ3n) is 7.31. The lowest BCUT2D eigenvalue weighted by Crippen LogP contribution is -2.29. The number of halogens is 2. The highest BCUT2D eigenvalue weighted by atomic mass is 35.5. The van der Waals surface area contributed by atoms with Crippen molar-refractivity contribution in [3.63, 3.8) is 0 Å². The molecule has 6 nitrogen and oxygen atoms in total. The molecule has 2 aromatic carbocycles. The Bertz CT molecular complexity index is 1600. The van der Waals surface area contributed by atoms with E-state index in [2.05, 4.69) is 51.9 Å². The summed E-state index contributed by atoms with van der Waals surface area (Å²) < 4.78 is 2.24. The molecule has 40 heavy (non-hydrogen) atoms. The van der Waals surface area contributed by atoms with Crippen molar-refractivity contribution in [2.45, 2.75) is 46.7 Å². The molecular weight excluding hydrogens is 561 g/mol. The van der Waals surface area contributed by atoms with Crippen molar-refractivity contribution < 1.29 is 4.79 Å². The number of carbonyl (C=O) groups is 1. The molecule has 0 bridgehead atoms. The summed E-state index contributed by atoms with van der Waals surface area (Å²) in [6.45, 7) is 9.99. The second-order valence-corrected chi connectivity index (χ2v) is 11.6. The van der Waals surface area contributed by atoms with Crippen molar-refractivity contribution in [1.29, 1.82) is 0 Å². The summed E-state index contributed by atoms with van der Waals surface area (Å²) in [5.74, 6) is -0.252. The van der Waals surface area contributed by atoms with Crippen molar-refractivity contribution in [1.82, 2.24) is 14.9 Å². The largest absolute Gasteiger partial charge is 0.351 e. The third-order valence-corrected chi connectivity index (χ3v) is 8.17. The van der Waals surface area contributed by atoms with Gasteiger partial charge in [0, 0.05) is 39.9 Å². The summed E-state index contributed by atoms with van der Waals surface area (Å²) in [6, 6.07) is 19.2. The monoisotopic (exact) mass is 591 g/mol. The van der Waals surface area contributed by atoms with Gasteiger partial charge in [-0.2, -0.15) is 0 Å². The van der Waals surface area contributed by atoms with E-state index in [1.807, 2.05) is 68.4 Å². The van der Waals surface area contributed by atoms with E-state index in [4.69, 9.17) is 35.4 Å². The van der Waals surface area contributed by atoms with E-state index in [0.29, 0.717) is 20.8 Å². The summed E-state index contributed by atoms with van der Waals surface area (Å²) in [5, 5.41) is 8.11. The standard InChI is InChI=1S/C31H31Cl2N5OS/c1-17(2)30(39)35-25-12-11-22(16-24(25)33)38-29(28(36-31(38)40)26-8-6-7-13-34-26)23-14-19(4)37(20(23)5)27-15-21(32)10-9-18(27)3/h6-17,28-29H,1-5H3,(H,35,39)(H,36,40)/t28-,29-/m1/s1. The van der Waals surface area contributed by atoms with Crippen molar-refractivity contribution in [3.05, 3.63) is 105 Å². The van der Waals surface area contributed by atoms with Crippen LogP contribution in [-0.2, 0) is 4.79 Å². The maximum atomic E-state index is 12.3. The van der Waals surface area contributed by atoms with Gasteiger partial charge in [0.05, 0.1) is 28.5 Å². The Labute approximate surface area is 250 Å². The number of carbonyl (C=O) groups excluding carboxylic acids is 1. The molecule has 0 spiro atoms. The van der Waals surface area contributed by atoms with Gasteiger partial charge in [0.25, 0.3) is 0 Å². The maximum Gasteiger partial charge on any atom is 0.226 e. The molecule has 2 N–H and O–H groups in total. The molecule has 1 aliphatic rings. The zero-order chi connectivity index (χ0) is 28.7. The number of aryl methyl sites for hydroxylation is 2. The van der Waals surface area contributed by atoms with Gasteiger partial charge >= 0.3 is 0 Å². The lowest BCUT2D eigenvalue weighted by atomic mass is 9.96.